The Labute approximate surface area is 131 Å². The summed E-state index contributed by atoms with van der Waals surface area (Å²) in [5.41, 5.74) is 0.178. The van der Waals surface area contributed by atoms with Crippen molar-refractivity contribution < 1.29 is 14.0 Å². The standard InChI is InChI=1S/C15H22BNO3S/c1-14(2)15(3,4)20-16(19-14)11-9-17-13(21-5)8-12(11)18-10-6-7-10/h8-10H,6-7H2,1-5H3. The lowest BCUT2D eigenvalue weighted by molar-refractivity contribution is 0.00578. The second kappa shape index (κ2) is 5.18. The van der Waals surface area contributed by atoms with Crippen LogP contribution >= 0.6 is 11.8 Å². The van der Waals surface area contributed by atoms with Gasteiger partial charge in [-0.1, -0.05) is 0 Å². The summed E-state index contributed by atoms with van der Waals surface area (Å²) in [4.78, 5) is 4.45. The van der Waals surface area contributed by atoms with Crippen LogP contribution in [0, 0.1) is 0 Å². The van der Waals surface area contributed by atoms with Crippen molar-refractivity contribution in [2.24, 2.45) is 0 Å². The first-order chi connectivity index (χ1) is 9.82. The van der Waals surface area contributed by atoms with E-state index in [0.29, 0.717) is 6.10 Å². The molecular weight excluding hydrogens is 285 g/mol. The molecule has 3 rings (SSSR count). The summed E-state index contributed by atoms with van der Waals surface area (Å²) >= 11 is 1.61. The van der Waals surface area contributed by atoms with E-state index in [4.69, 9.17) is 14.0 Å². The van der Waals surface area contributed by atoms with Gasteiger partial charge in [0.1, 0.15) is 5.75 Å². The van der Waals surface area contributed by atoms with Crippen molar-refractivity contribution in [1.82, 2.24) is 4.98 Å². The van der Waals surface area contributed by atoms with Crippen molar-refractivity contribution in [3.63, 3.8) is 0 Å². The summed E-state index contributed by atoms with van der Waals surface area (Å²) in [5, 5.41) is 0.950. The number of ether oxygens (including phenoxy) is 1. The molecule has 0 N–H and O–H groups in total. The summed E-state index contributed by atoms with van der Waals surface area (Å²) in [5.74, 6) is 0.843. The summed E-state index contributed by atoms with van der Waals surface area (Å²) in [6, 6.07) is 1.99. The Kier molecular flexibility index (Phi) is 3.75. The average molecular weight is 307 g/mol. The van der Waals surface area contributed by atoms with E-state index >= 15 is 0 Å². The Bertz CT molecular complexity index is 530. The molecule has 0 unspecified atom stereocenters. The maximum absolute atomic E-state index is 6.12. The molecule has 6 heteroatoms. The first kappa shape index (κ1) is 15.2. The van der Waals surface area contributed by atoms with Crippen LogP contribution in [0.4, 0.5) is 0 Å². The SMILES string of the molecule is CSc1cc(OC2CC2)c(B2OC(C)(C)C(C)(C)O2)cn1. The van der Waals surface area contributed by atoms with Crippen LogP contribution in [-0.2, 0) is 9.31 Å². The molecule has 114 valence electrons. The van der Waals surface area contributed by atoms with Gasteiger partial charge < -0.3 is 14.0 Å². The minimum absolute atomic E-state index is 0.336. The van der Waals surface area contributed by atoms with Gasteiger partial charge in [0, 0.05) is 17.7 Å². The van der Waals surface area contributed by atoms with Crippen LogP contribution in [0.25, 0.3) is 0 Å². The van der Waals surface area contributed by atoms with Crippen molar-refractivity contribution in [1.29, 1.82) is 0 Å². The fourth-order valence-corrected chi connectivity index (χ4v) is 2.54. The number of thioether (sulfide) groups is 1. The Morgan fingerprint density at radius 3 is 2.38 bits per heavy atom. The average Bonchev–Trinajstić information content (AvgIpc) is 3.17. The van der Waals surface area contributed by atoms with E-state index in [9.17, 15) is 0 Å². The van der Waals surface area contributed by atoms with E-state index in [-0.39, 0.29) is 11.2 Å². The lowest BCUT2D eigenvalue weighted by Crippen LogP contribution is -2.41. The molecule has 1 aliphatic carbocycles. The van der Waals surface area contributed by atoms with E-state index in [1.54, 1.807) is 11.8 Å². The van der Waals surface area contributed by atoms with Crippen molar-refractivity contribution in [3.05, 3.63) is 12.3 Å². The zero-order valence-electron chi connectivity index (χ0n) is 13.3. The van der Waals surface area contributed by atoms with Crippen molar-refractivity contribution in [3.8, 4) is 5.75 Å². The molecule has 1 saturated carbocycles. The predicted octanol–water partition coefficient (Wildman–Crippen LogP) is 2.64. The monoisotopic (exact) mass is 307 g/mol. The van der Waals surface area contributed by atoms with Gasteiger partial charge in [-0.2, -0.15) is 0 Å². The number of rotatable bonds is 4. The highest BCUT2D eigenvalue weighted by Gasteiger charge is 2.52. The second-order valence-corrected chi connectivity index (χ2v) is 7.50. The second-order valence-electron chi connectivity index (χ2n) is 6.67. The molecule has 0 aromatic carbocycles. The molecule has 0 atom stereocenters. The maximum atomic E-state index is 6.12. The molecule has 0 radical (unpaired) electrons. The summed E-state index contributed by atoms with van der Waals surface area (Å²) < 4.78 is 18.3. The number of aromatic nitrogens is 1. The van der Waals surface area contributed by atoms with Gasteiger partial charge in [0.15, 0.2) is 0 Å². The zero-order valence-corrected chi connectivity index (χ0v) is 14.1. The van der Waals surface area contributed by atoms with Crippen LogP contribution in [-0.4, -0.2) is 35.7 Å². The topological polar surface area (TPSA) is 40.6 Å². The largest absolute Gasteiger partial charge is 0.500 e. The fourth-order valence-electron chi connectivity index (χ4n) is 2.16. The van der Waals surface area contributed by atoms with Gasteiger partial charge in [-0.3, -0.25) is 4.98 Å². The predicted molar refractivity (Wildman–Crippen MR) is 85.4 cm³/mol. The number of nitrogens with zero attached hydrogens (tertiary/aromatic N) is 1. The number of hydrogen-bond donors (Lipinski definition) is 0. The lowest BCUT2D eigenvalue weighted by Gasteiger charge is -2.32. The zero-order chi connectivity index (χ0) is 15.3. The van der Waals surface area contributed by atoms with Crippen LogP contribution in [0.15, 0.2) is 17.3 Å². The minimum Gasteiger partial charge on any atom is -0.491 e. The van der Waals surface area contributed by atoms with Crippen molar-refractivity contribution in [2.45, 2.75) is 62.9 Å². The summed E-state index contributed by atoms with van der Waals surface area (Å²) in [7, 11) is -0.424. The maximum Gasteiger partial charge on any atom is 0.500 e. The fraction of sp³-hybridized carbons (Fsp3) is 0.667. The molecule has 2 heterocycles. The Morgan fingerprint density at radius 1 is 1.24 bits per heavy atom. The first-order valence-corrected chi connectivity index (χ1v) is 8.61. The summed E-state index contributed by atoms with van der Waals surface area (Å²) in [6.45, 7) is 8.21. The van der Waals surface area contributed by atoms with Gasteiger partial charge >= 0.3 is 7.12 Å². The molecule has 21 heavy (non-hydrogen) atoms. The summed E-state index contributed by atoms with van der Waals surface area (Å²) in [6.07, 6.45) is 6.42. The third kappa shape index (κ3) is 2.94. The van der Waals surface area contributed by atoms with Crippen LogP contribution in [0.1, 0.15) is 40.5 Å². The van der Waals surface area contributed by atoms with Crippen LogP contribution in [0.3, 0.4) is 0 Å². The van der Waals surface area contributed by atoms with E-state index in [1.165, 1.54) is 0 Å². The minimum atomic E-state index is -0.424. The molecule has 2 fully saturated rings. The number of hydrogen-bond acceptors (Lipinski definition) is 5. The third-order valence-corrected chi connectivity index (χ3v) is 5.05. The van der Waals surface area contributed by atoms with Gasteiger partial charge in [-0.05, 0) is 46.8 Å². The highest BCUT2D eigenvalue weighted by molar-refractivity contribution is 7.98. The molecule has 0 amide bonds. The van der Waals surface area contributed by atoms with Gasteiger partial charge in [-0.25, -0.2) is 0 Å². The molecule has 0 spiro atoms. The highest BCUT2D eigenvalue weighted by Crippen LogP contribution is 2.37. The van der Waals surface area contributed by atoms with E-state index in [2.05, 4.69) is 32.7 Å². The quantitative estimate of drug-likeness (QED) is 0.632. The van der Waals surface area contributed by atoms with E-state index in [0.717, 1.165) is 29.1 Å². The van der Waals surface area contributed by atoms with E-state index < -0.39 is 7.12 Å². The lowest BCUT2D eigenvalue weighted by atomic mass is 9.79. The molecule has 1 aliphatic heterocycles. The van der Waals surface area contributed by atoms with Crippen LogP contribution < -0.4 is 10.2 Å². The van der Waals surface area contributed by atoms with Gasteiger partial charge in [0.05, 0.1) is 22.3 Å². The molecule has 2 aliphatic rings. The number of pyridine rings is 1. The molecule has 1 saturated heterocycles. The van der Waals surface area contributed by atoms with Gasteiger partial charge in [-0.15, -0.1) is 11.8 Å². The van der Waals surface area contributed by atoms with Crippen LogP contribution in [0.2, 0.25) is 0 Å². The Morgan fingerprint density at radius 2 is 1.86 bits per heavy atom. The Balaban J connectivity index is 1.91. The normalized spacial score (nSPS) is 23.4. The van der Waals surface area contributed by atoms with Crippen molar-refractivity contribution >= 4 is 24.3 Å². The molecular formula is C15H22BNO3S. The molecule has 4 nitrogen and oxygen atoms in total. The van der Waals surface area contributed by atoms with Crippen LogP contribution in [0.5, 0.6) is 5.75 Å². The van der Waals surface area contributed by atoms with Crippen molar-refractivity contribution in [2.75, 3.05) is 6.26 Å². The highest BCUT2D eigenvalue weighted by atomic mass is 32.2. The van der Waals surface area contributed by atoms with Gasteiger partial charge in [0.25, 0.3) is 0 Å². The Hall–Kier alpha value is -0.715. The smallest absolute Gasteiger partial charge is 0.491 e. The van der Waals surface area contributed by atoms with Gasteiger partial charge in [0.2, 0.25) is 0 Å². The molecule has 1 aromatic rings. The first-order valence-electron chi connectivity index (χ1n) is 7.38. The van der Waals surface area contributed by atoms with E-state index in [1.807, 2.05) is 18.5 Å². The molecule has 0 bridgehead atoms. The molecule has 1 aromatic heterocycles. The third-order valence-electron chi connectivity index (χ3n) is 4.40.